The molecule has 0 saturated carbocycles. The monoisotopic (exact) mass is 317 g/mol. The number of pyridine rings is 1. The van der Waals surface area contributed by atoms with Gasteiger partial charge in [0.25, 0.3) is 0 Å². The molecule has 0 atom stereocenters. The summed E-state index contributed by atoms with van der Waals surface area (Å²) >= 11 is 0. The zero-order chi connectivity index (χ0) is 17.1. The van der Waals surface area contributed by atoms with Crippen LogP contribution in [0.2, 0.25) is 0 Å². The predicted molar refractivity (Wildman–Crippen MR) is 84.6 cm³/mol. The third kappa shape index (κ3) is 4.93. The second kappa shape index (κ2) is 6.55. The maximum Gasteiger partial charge on any atom is 0.410 e. The molecule has 1 N–H and O–H groups in total. The molecule has 1 aromatic heterocycles. The molecule has 0 radical (unpaired) electrons. The largest absolute Gasteiger partial charge is 0.444 e. The highest BCUT2D eigenvalue weighted by atomic mass is 16.6. The van der Waals surface area contributed by atoms with Crippen molar-refractivity contribution < 1.29 is 14.6 Å². The minimum absolute atomic E-state index is 0.343. The molecule has 0 spiro atoms. The summed E-state index contributed by atoms with van der Waals surface area (Å²) < 4.78 is 5.35. The molecule has 6 nitrogen and oxygen atoms in total. The molecule has 1 aromatic rings. The Morgan fingerprint density at radius 2 is 2.13 bits per heavy atom. The van der Waals surface area contributed by atoms with Crippen molar-refractivity contribution in [3.63, 3.8) is 0 Å². The molecule has 23 heavy (non-hydrogen) atoms. The van der Waals surface area contributed by atoms with Crippen molar-refractivity contribution in [3.05, 3.63) is 29.6 Å². The molecule has 0 aliphatic carbocycles. The van der Waals surface area contributed by atoms with Gasteiger partial charge in [0.2, 0.25) is 0 Å². The third-order valence-corrected chi connectivity index (χ3v) is 3.80. The van der Waals surface area contributed by atoms with Crippen LogP contribution in [0.3, 0.4) is 0 Å². The average Bonchev–Trinajstić information content (AvgIpc) is 2.46. The Labute approximate surface area is 136 Å². The highest BCUT2D eigenvalue weighted by Crippen LogP contribution is 2.27. The van der Waals surface area contributed by atoms with Gasteiger partial charge in [-0.15, -0.1) is 0 Å². The lowest BCUT2D eigenvalue weighted by molar-refractivity contribution is -0.0319. The summed E-state index contributed by atoms with van der Waals surface area (Å²) in [5.74, 6) is 0. The van der Waals surface area contributed by atoms with Gasteiger partial charge in [-0.05, 0) is 45.7 Å². The number of nitriles is 1. The van der Waals surface area contributed by atoms with Crippen LogP contribution in [-0.2, 0) is 11.2 Å². The minimum Gasteiger partial charge on any atom is -0.444 e. The van der Waals surface area contributed by atoms with Crippen molar-refractivity contribution in [2.75, 3.05) is 13.1 Å². The molecule has 1 amide bonds. The van der Waals surface area contributed by atoms with Gasteiger partial charge in [0, 0.05) is 31.4 Å². The number of piperidine rings is 1. The molecule has 0 unspecified atom stereocenters. The van der Waals surface area contributed by atoms with Crippen LogP contribution in [0, 0.1) is 11.3 Å². The fraction of sp³-hybridized carbons (Fsp3) is 0.588. The van der Waals surface area contributed by atoms with Crippen LogP contribution in [-0.4, -0.2) is 45.4 Å². The first-order chi connectivity index (χ1) is 10.7. The van der Waals surface area contributed by atoms with E-state index in [2.05, 4.69) is 11.1 Å². The van der Waals surface area contributed by atoms with Gasteiger partial charge < -0.3 is 14.7 Å². The molecule has 1 aliphatic rings. The highest BCUT2D eigenvalue weighted by Gasteiger charge is 2.35. The molecule has 2 heterocycles. The Morgan fingerprint density at radius 3 is 2.70 bits per heavy atom. The number of rotatable bonds is 2. The molecule has 1 aliphatic heterocycles. The average molecular weight is 317 g/mol. The summed E-state index contributed by atoms with van der Waals surface area (Å²) in [7, 11) is 0. The third-order valence-electron chi connectivity index (χ3n) is 3.80. The van der Waals surface area contributed by atoms with Crippen molar-refractivity contribution in [3.8, 4) is 6.07 Å². The molecule has 1 fully saturated rings. The second-order valence-corrected chi connectivity index (χ2v) is 7.02. The molecule has 1 saturated heterocycles. The van der Waals surface area contributed by atoms with Crippen molar-refractivity contribution in [1.82, 2.24) is 9.88 Å². The second-order valence-electron chi connectivity index (χ2n) is 7.02. The van der Waals surface area contributed by atoms with Crippen LogP contribution in [0.1, 0.15) is 44.9 Å². The summed E-state index contributed by atoms with van der Waals surface area (Å²) in [5, 5.41) is 19.6. The standard InChI is InChI=1S/C17H23N3O3/c1-16(2,3)23-15(21)20-8-5-17(22,6-9-20)11-14-10-13(12-18)4-7-19-14/h4,7,10,22H,5-6,8-9,11H2,1-3H3. The number of aromatic nitrogens is 1. The minimum atomic E-state index is -0.903. The summed E-state index contributed by atoms with van der Waals surface area (Å²) in [6.45, 7) is 6.39. The lowest BCUT2D eigenvalue weighted by Crippen LogP contribution is -2.49. The van der Waals surface area contributed by atoms with E-state index in [9.17, 15) is 9.90 Å². The number of amides is 1. The number of ether oxygens (including phenoxy) is 1. The number of hydrogen-bond donors (Lipinski definition) is 1. The number of nitrogens with zero attached hydrogens (tertiary/aromatic N) is 3. The highest BCUT2D eigenvalue weighted by molar-refractivity contribution is 5.68. The first kappa shape index (κ1) is 17.2. The smallest absolute Gasteiger partial charge is 0.410 e. The van der Waals surface area contributed by atoms with Gasteiger partial charge in [0.1, 0.15) is 5.60 Å². The SMILES string of the molecule is CC(C)(C)OC(=O)N1CCC(O)(Cc2cc(C#N)ccn2)CC1. The normalized spacial score (nSPS) is 17.4. The number of likely N-dealkylation sites (tertiary alicyclic amines) is 1. The van der Waals surface area contributed by atoms with Crippen molar-refractivity contribution in [2.24, 2.45) is 0 Å². The van der Waals surface area contributed by atoms with Gasteiger partial charge in [-0.2, -0.15) is 5.26 Å². The maximum atomic E-state index is 12.0. The van der Waals surface area contributed by atoms with Crippen LogP contribution in [0.15, 0.2) is 18.3 Å². The van der Waals surface area contributed by atoms with E-state index < -0.39 is 11.2 Å². The van der Waals surface area contributed by atoms with E-state index in [0.717, 1.165) is 0 Å². The molecule has 0 aromatic carbocycles. The number of carbonyl (C=O) groups excluding carboxylic acids is 1. The predicted octanol–water partition coefficient (Wildman–Crippen LogP) is 2.26. The fourth-order valence-corrected chi connectivity index (χ4v) is 2.59. The molecular formula is C17H23N3O3. The Kier molecular flexibility index (Phi) is 4.90. The summed E-state index contributed by atoms with van der Waals surface area (Å²) in [6.07, 6.45) is 2.54. The van der Waals surface area contributed by atoms with E-state index in [1.54, 1.807) is 23.2 Å². The van der Waals surface area contributed by atoms with Crippen molar-refractivity contribution in [1.29, 1.82) is 5.26 Å². The Balaban J connectivity index is 1.94. The fourth-order valence-electron chi connectivity index (χ4n) is 2.59. The van der Waals surface area contributed by atoms with Crippen LogP contribution in [0.5, 0.6) is 0 Å². The lowest BCUT2D eigenvalue weighted by Gasteiger charge is -2.38. The summed E-state index contributed by atoms with van der Waals surface area (Å²) in [6, 6.07) is 5.40. The molecule has 124 valence electrons. The topological polar surface area (TPSA) is 86.5 Å². The van der Waals surface area contributed by atoms with Gasteiger partial charge >= 0.3 is 6.09 Å². The van der Waals surface area contributed by atoms with Gasteiger partial charge in [0.05, 0.1) is 17.2 Å². The Bertz CT molecular complexity index is 608. The van der Waals surface area contributed by atoms with Gasteiger partial charge in [-0.25, -0.2) is 4.79 Å². The van der Waals surface area contributed by atoms with Crippen LogP contribution < -0.4 is 0 Å². The van der Waals surface area contributed by atoms with E-state index in [-0.39, 0.29) is 6.09 Å². The maximum absolute atomic E-state index is 12.0. The number of hydrogen-bond acceptors (Lipinski definition) is 5. The van der Waals surface area contributed by atoms with E-state index in [4.69, 9.17) is 10.00 Å². The summed E-state index contributed by atoms with van der Waals surface area (Å²) in [4.78, 5) is 17.9. The van der Waals surface area contributed by atoms with E-state index >= 15 is 0 Å². The van der Waals surface area contributed by atoms with Crippen LogP contribution in [0.25, 0.3) is 0 Å². The first-order valence-corrected chi connectivity index (χ1v) is 7.76. The van der Waals surface area contributed by atoms with Crippen molar-refractivity contribution in [2.45, 2.75) is 51.2 Å². The summed E-state index contributed by atoms with van der Waals surface area (Å²) in [5.41, 5.74) is -0.200. The first-order valence-electron chi connectivity index (χ1n) is 7.76. The molecule has 6 heteroatoms. The van der Waals surface area contributed by atoms with Crippen molar-refractivity contribution >= 4 is 6.09 Å². The van der Waals surface area contributed by atoms with Gasteiger partial charge in [0.15, 0.2) is 0 Å². The van der Waals surface area contributed by atoms with Gasteiger partial charge in [-0.3, -0.25) is 4.98 Å². The zero-order valence-corrected chi connectivity index (χ0v) is 13.9. The van der Waals surface area contributed by atoms with E-state index in [1.165, 1.54) is 0 Å². The van der Waals surface area contributed by atoms with Crippen LogP contribution >= 0.6 is 0 Å². The number of aliphatic hydroxyl groups is 1. The molecule has 2 rings (SSSR count). The van der Waals surface area contributed by atoms with Crippen LogP contribution in [0.4, 0.5) is 4.79 Å². The zero-order valence-electron chi connectivity index (χ0n) is 13.9. The molecular weight excluding hydrogens is 294 g/mol. The van der Waals surface area contributed by atoms with E-state index in [0.29, 0.717) is 43.6 Å². The quantitative estimate of drug-likeness (QED) is 0.904. The Hall–Kier alpha value is -2.13. The number of carbonyl (C=O) groups is 1. The van der Waals surface area contributed by atoms with E-state index in [1.807, 2.05) is 20.8 Å². The van der Waals surface area contributed by atoms with Gasteiger partial charge in [-0.1, -0.05) is 0 Å². The molecule has 0 bridgehead atoms. The Morgan fingerprint density at radius 1 is 1.48 bits per heavy atom. The lowest BCUT2D eigenvalue weighted by atomic mass is 9.87.